The van der Waals surface area contributed by atoms with Crippen LogP contribution in [0.5, 0.6) is 0 Å². The van der Waals surface area contributed by atoms with Gasteiger partial charge in [0.1, 0.15) is 5.52 Å². The van der Waals surface area contributed by atoms with Crippen molar-refractivity contribution < 1.29 is 9.13 Å². The van der Waals surface area contributed by atoms with E-state index in [4.69, 9.17) is 27.9 Å². The molecule has 5 nitrogen and oxygen atoms in total. The number of rotatable bonds is 2. The summed E-state index contributed by atoms with van der Waals surface area (Å²) in [5.41, 5.74) is -0.788. The lowest BCUT2D eigenvalue weighted by atomic mass is 9.88. The van der Waals surface area contributed by atoms with Crippen LogP contribution in [-0.4, -0.2) is 31.3 Å². The molecule has 114 valence electrons. The smallest absolute Gasteiger partial charge is 0.225 e. The zero-order valence-corrected chi connectivity index (χ0v) is 13.4. The van der Waals surface area contributed by atoms with Gasteiger partial charge in [-0.2, -0.15) is 4.98 Å². The van der Waals surface area contributed by atoms with Crippen molar-refractivity contribution in [2.75, 3.05) is 0 Å². The quantitative estimate of drug-likeness (QED) is 0.620. The number of nitrogens with zero attached hydrogens (tertiary/aromatic N) is 4. The number of halogens is 3. The van der Waals surface area contributed by atoms with Crippen LogP contribution in [0.25, 0.3) is 11.2 Å². The zero-order valence-electron chi connectivity index (χ0n) is 11.8. The Hall–Kier alpha value is -0.980. The molecular weight excluding hydrogens is 318 g/mol. The van der Waals surface area contributed by atoms with Crippen molar-refractivity contribution in [1.29, 1.82) is 0 Å². The Morgan fingerprint density at radius 2 is 2.14 bits per heavy atom. The van der Waals surface area contributed by atoms with Gasteiger partial charge in [0.05, 0.1) is 12.4 Å². The molecule has 0 spiro atoms. The molecule has 0 aromatic carbocycles. The van der Waals surface area contributed by atoms with Gasteiger partial charge < -0.3 is 4.74 Å². The molecule has 0 N–H and O–H groups in total. The number of fused-ring (bicyclic) bond motifs is 1. The maximum atomic E-state index is 15.1. The van der Waals surface area contributed by atoms with E-state index in [1.54, 1.807) is 4.57 Å². The maximum Gasteiger partial charge on any atom is 0.225 e. The van der Waals surface area contributed by atoms with Crippen molar-refractivity contribution in [2.24, 2.45) is 5.92 Å². The van der Waals surface area contributed by atoms with E-state index in [2.05, 4.69) is 15.0 Å². The van der Waals surface area contributed by atoms with E-state index in [9.17, 15) is 0 Å². The van der Waals surface area contributed by atoms with Crippen molar-refractivity contribution in [1.82, 2.24) is 19.5 Å². The van der Waals surface area contributed by atoms with Gasteiger partial charge in [0, 0.05) is 5.92 Å². The summed E-state index contributed by atoms with van der Waals surface area (Å²) in [4.78, 5) is 12.1. The Kier molecular flexibility index (Phi) is 3.58. The summed E-state index contributed by atoms with van der Waals surface area (Å²) in [5.74, 6) is -0.238. The van der Waals surface area contributed by atoms with Crippen LogP contribution in [-0.2, 0) is 4.74 Å². The Bertz CT molecular complexity index is 690. The second-order valence-corrected chi connectivity index (χ2v) is 6.18. The minimum Gasteiger partial charge on any atom is -0.351 e. The lowest BCUT2D eigenvalue weighted by Gasteiger charge is -2.25. The van der Waals surface area contributed by atoms with Crippen LogP contribution in [0, 0.1) is 5.92 Å². The molecule has 1 fully saturated rings. The van der Waals surface area contributed by atoms with Gasteiger partial charge in [-0.15, -0.1) is 0 Å². The fourth-order valence-corrected chi connectivity index (χ4v) is 3.24. The average Bonchev–Trinajstić information content (AvgIpc) is 2.91. The van der Waals surface area contributed by atoms with E-state index in [0.717, 1.165) is 6.42 Å². The van der Waals surface area contributed by atoms with Gasteiger partial charge in [0.2, 0.25) is 5.28 Å². The molecule has 0 bridgehead atoms. The number of alkyl halides is 1. The SMILES string of the molecule is CC[C@H]1O[C@@H](n2cnc3c(Cl)nc(Cl)nc32)[C@](C)(F)[C@@H]1C. The summed E-state index contributed by atoms with van der Waals surface area (Å²) >= 11 is 11.8. The molecule has 0 saturated carbocycles. The monoisotopic (exact) mass is 332 g/mol. The van der Waals surface area contributed by atoms with Crippen molar-refractivity contribution in [3.05, 3.63) is 16.8 Å². The standard InChI is InChI=1S/C13H15Cl2FN4O/c1-4-7-6(2)13(3,16)11(21-7)20-5-17-8-9(14)18-12(15)19-10(8)20/h5-7,11H,4H2,1-3H3/t6-,7-,11-,13-/m1/s1. The third kappa shape index (κ3) is 2.20. The molecule has 1 saturated heterocycles. The Morgan fingerprint density at radius 1 is 1.43 bits per heavy atom. The molecule has 0 aliphatic carbocycles. The summed E-state index contributed by atoms with van der Waals surface area (Å²) in [5, 5.41) is 0.135. The molecule has 3 heterocycles. The largest absolute Gasteiger partial charge is 0.351 e. The number of ether oxygens (including phenoxy) is 1. The Labute approximate surface area is 131 Å². The second-order valence-electron chi connectivity index (χ2n) is 5.48. The molecule has 0 amide bonds. The maximum absolute atomic E-state index is 15.1. The zero-order chi connectivity index (χ0) is 15.4. The first-order valence-electron chi connectivity index (χ1n) is 6.76. The first-order valence-corrected chi connectivity index (χ1v) is 7.51. The summed E-state index contributed by atoms with van der Waals surface area (Å²) in [6.07, 6.45) is 1.23. The molecule has 2 aromatic heterocycles. The first-order chi connectivity index (χ1) is 9.86. The summed E-state index contributed by atoms with van der Waals surface area (Å²) in [6.45, 7) is 5.36. The Morgan fingerprint density at radius 3 is 2.76 bits per heavy atom. The molecule has 1 aliphatic rings. The minimum atomic E-state index is -1.54. The van der Waals surface area contributed by atoms with Gasteiger partial charge >= 0.3 is 0 Å². The predicted molar refractivity (Wildman–Crippen MR) is 78.2 cm³/mol. The lowest BCUT2D eigenvalue weighted by Crippen LogP contribution is -2.33. The van der Waals surface area contributed by atoms with E-state index in [-0.39, 0.29) is 22.5 Å². The van der Waals surface area contributed by atoms with Crippen LogP contribution < -0.4 is 0 Å². The molecule has 3 rings (SSSR count). The fourth-order valence-electron chi connectivity index (χ4n) is 2.82. The van der Waals surface area contributed by atoms with E-state index in [1.807, 2.05) is 13.8 Å². The summed E-state index contributed by atoms with van der Waals surface area (Å²) < 4.78 is 22.5. The molecule has 0 radical (unpaired) electrons. The number of aromatic nitrogens is 4. The lowest BCUT2D eigenvalue weighted by molar-refractivity contribution is -0.0450. The predicted octanol–water partition coefficient (Wildman–Crippen LogP) is 3.80. The second kappa shape index (κ2) is 5.04. The van der Waals surface area contributed by atoms with Gasteiger partial charge in [0.25, 0.3) is 0 Å². The van der Waals surface area contributed by atoms with Crippen molar-refractivity contribution in [2.45, 2.75) is 45.2 Å². The number of hydrogen-bond donors (Lipinski definition) is 0. The van der Waals surface area contributed by atoms with Crippen LogP contribution in [0.2, 0.25) is 10.4 Å². The highest BCUT2D eigenvalue weighted by Crippen LogP contribution is 2.47. The summed E-state index contributed by atoms with van der Waals surface area (Å²) in [7, 11) is 0. The minimum absolute atomic E-state index is 0.00658. The van der Waals surface area contributed by atoms with Crippen molar-refractivity contribution in [3.8, 4) is 0 Å². The van der Waals surface area contributed by atoms with Crippen LogP contribution in [0.1, 0.15) is 33.4 Å². The molecule has 2 aromatic rings. The van der Waals surface area contributed by atoms with E-state index in [1.165, 1.54) is 13.3 Å². The van der Waals surface area contributed by atoms with E-state index < -0.39 is 11.9 Å². The third-order valence-electron chi connectivity index (χ3n) is 4.24. The highest BCUT2D eigenvalue weighted by atomic mass is 35.5. The molecular formula is C13H15Cl2FN4O. The average molecular weight is 333 g/mol. The van der Waals surface area contributed by atoms with Crippen molar-refractivity contribution in [3.63, 3.8) is 0 Å². The number of hydrogen-bond acceptors (Lipinski definition) is 4. The number of imidazole rings is 1. The first kappa shape index (κ1) is 14.9. The van der Waals surface area contributed by atoms with Gasteiger partial charge in [0.15, 0.2) is 22.7 Å². The van der Waals surface area contributed by atoms with Crippen LogP contribution in [0.3, 0.4) is 0 Å². The van der Waals surface area contributed by atoms with Gasteiger partial charge in [-0.3, -0.25) is 4.57 Å². The molecule has 4 atom stereocenters. The van der Waals surface area contributed by atoms with Crippen LogP contribution in [0.4, 0.5) is 4.39 Å². The normalized spacial score (nSPS) is 33.0. The molecule has 1 aliphatic heterocycles. The van der Waals surface area contributed by atoms with E-state index in [0.29, 0.717) is 11.2 Å². The van der Waals surface area contributed by atoms with Gasteiger partial charge in [-0.05, 0) is 24.9 Å². The third-order valence-corrected chi connectivity index (χ3v) is 4.67. The van der Waals surface area contributed by atoms with Crippen LogP contribution >= 0.6 is 23.2 Å². The van der Waals surface area contributed by atoms with Gasteiger partial charge in [-0.1, -0.05) is 25.4 Å². The molecule has 21 heavy (non-hydrogen) atoms. The highest BCUT2D eigenvalue weighted by Gasteiger charge is 2.52. The summed E-state index contributed by atoms with van der Waals surface area (Å²) in [6, 6.07) is 0. The van der Waals surface area contributed by atoms with Gasteiger partial charge in [-0.25, -0.2) is 14.4 Å². The Balaban J connectivity index is 2.13. The van der Waals surface area contributed by atoms with Crippen LogP contribution in [0.15, 0.2) is 6.33 Å². The van der Waals surface area contributed by atoms with E-state index >= 15 is 4.39 Å². The fraction of sp³-hybridized carbons (Fsp3) is 0.615. The van der Waals surface area contributed by atoms with Crippen molar-refractivity contribution >= 4 is 34.4 Å². The highest BCUT2D eigenvalue weighted by molar-refractivity contribution is 6.35. The molecule has 8 heteroatoms. The molecule has 0 unspecified atom stereocenters. The topological polar surface area (TPSA) is 52.8 Å².